The molecule has 4 rings (SSSR count). The van der Waals surface area contributed by atoms with E-state index in [1.807, 2.05) is 29.2 Å². The molecule has 0 unspecified atom stereocenters. The van der Waals surface area contributed by atoms with Gasteiger partial charge in [0.25, 0.3) is 0 Å². The Labute approximate surface area is 206 Å². The van der Waals surface area contributed by atoms with Crippen LogP contribution in [0.2, 0.25) is 0 Å². The zero-order valence-corrected chi connectivity index (χ0v) is 20.7. The highest BCUT2D eigenvalue weighted by atomic mass is 32.2. The number of piperidine rings is 1. The molecular formula is C26H30N4O4S. The van der Waals surface area contributed by atoms with Crippen molar-refractivity contribution in [1.29, 1.82) is 5.26 Å². The minimum absolute atomic E-state index is 0.106. The molecule has 35 heavy (non-hydrogen) atoms. The van der Waals surface area contributed by atoms with Gasteiger partial charge in [-0.3, -0.25) is 9.59 Å². The van der Waals surface area contributed by atoms with E-state index in [9.17, 15) is 18.0 Å². The monoisotopic (exact) mass is 494 g/mol. The van der Waals surface area contributed by atoms with Crippen LogP contribution in [0.25, 0.3) is 0 Å². The molecule has 184 valence electrons. The second-order valence-corrected chi connectivity index (χ2v) is 11.0. The highest BCUT2D eigenvalue weighted by Crippen LogP contribution is 2.26. The second-order valence-electron chi connectivity index (χ2n) is 9.08. The fraction of sp³-hybridized carbons (Fsp3) is 0.423. The Balaban J connectivity index is 1.33. The molecule has 0 radical (unpaired) electrons. The lowest BCUT2D eigenvalue weighted by Crippen LogP contribution is -2.45. The number of nitrogens with zero attached hydrogens (tertiary/aromatic N) is 4. The van der Waals surface area contributed by atoms with Crippen LogP contribution in [-0.4, -0.2) is 68.6 Å². The minimum atomic E-state index is -3.66. The maximum atomic E-state index is 13.2. The molecule has 2 aromatic rings. The van der Waals surface area contributed by atoms with E-state index in [2.05, 4.69) is 11.0 Å². The van der Waals surface area contributed by atoms with E-state index in [0.717, 1.165) is 25.2 Å². The van der Waals surface area contributed by atoms with Gasteiger partial charge in [-0.2, -0.15) is 9.57 Å². The molecule has 0 aliphatic carbocycles. The summed E-state index contributed by atoms with van der Waals surface area (Å²) >= 11 is 0. The molecule has 0 bridgehead atoms. The fourth-order valence-electron chi connectivity index (χ4n) is 4.75. The predicted molar refractivity (Wildman–Crippen MR) is 132 cm³/mol. The van der Waals surface area contributed by atoms with E-state index < -0.39 is 10.0 Å². The first-order valence-corrected chi connectivity index (χ1v) is 13.4. The molecule has 2 saturated heterocycles. The lowest BCUT2D eigenvalue weighted by atomic mass is 9.96. The quantitative estimate of drug-likeness (QED) is 0.593. The van der Waals surface area contributed by atoms with Crippen LogP contribution in [0.4, 0.5) is 5.69 Å². The Kier molecular flexibility index (Phi) is 7.53. The largest absolute Gasteiger partial charge is 0.370 e. The number of Topliss-reactive ketones (excluding diaryl/α,β-unsaturated/α-hetero) is 1. The third-order valence-electron chi connectivity index (χ3n) is 6.87. The van der Waals surface area contributed by atoms with Crippen LogP contribution >= 0.6 is 0 Å². The number of nitriles is 1. The third-order valence-corrected chi connectivity index (χ3v) is 8.78. The number of hydrogen-bond donors (Lipinski definition) is 0. The molecule has 0 spiro atoms. The van der Waals surface area contributed by atoms with Crippen molar-refractivity contribution in [2.45, 2.75) is 31.1 Å². The van der Waals surface area contributed by atoms with E-state index >= 15 is 0 Å². The molecule has 0 saturated carbocycles. The Morgan fingerprint density at radius 2 is 1.54 bits per heavy atom. The van der Waals surface area contributed by atoms with Crippen molar-refractivity contribution in [3.63, 3.8) is 0 Å². The summed E-state index contributed by atoms with van der Waals surface area (Å²) < 4.78 is 27.5. The van der Waals surface area contributed by atoms with Crippen LogP contribution in [-0.2, 0) is 14.8 Å². The van der Waals surface area contributed by atoms with E-state index in [-0.39, 0.29) is 22.5 Å². The lowest BCUT2D eigenvalue weighted by Gasteiger charge is -2.33. The van der Waals surface area contributed by atoms with Gasteiger partial charge in [-0.1, -0.05) is 12.1 Å². The van der Waals surface area contributed by atoms with E-state index in [0.29, 0.717) is 50.1 Å². The van der Waals surface area contributed by atoms with Crippen LogP contribution in [0.1, 0.15) is 42.1 Å². The number of sulfonamides is 1. The zero-order valence-electron chi connectivity index (χ0n) is 19.9. The Hall–Kier alpha value is -3.22. The lowest BCUT2D eigenvalue weighted by molar-refractivity contribution is -0.136. The van der Waals surface area contributed by atoms with Crippen molar-refractivity contribution in [3.05, 3.63) is 59.7 Å². The van der Waals surface area contributed by atoms with E-state index in [4.69, 9.17) is 5.26 Å². The Morgan fingerprint density at radius 1 is 0.886 bits per heavy atom. The first-order chi connectivity index (χ1) is 16.8. The number of carbonyl (C=O) groups is 2. The van der Waals surface area contributed by atoms with Gasteiger partial charge in [0.15, 0.2) is 5.78 Å². The van der Waals surface area contributed by atoms with Gasteiger partial charge in [-0.05, 0) is 62.6 Å². The summed E-state index contributed by atoms with van der Waals surface area (Å²) in [7, 11) is -3.66. The average Bonchev–Trinajstić information content (AvgIpc) is 3.15. The van der Waals surface area contributed by atoms with Crippen LogP contribution in [0.15, 0.2) is 53.4 Å². The van der Waals surface area contributed by atoms with Crippen molar-refractivity contribution in [1.82, 2.24) is 9.21 Å². The summed E-state index contributed by atoms with van der Waals surface area (Å²) in [4.78, 5) is 29.0. The minimum Gasteiger partial charge on any atom is -0.370 e. The summed E-state index contributed by atoms with van der Waals surface area (Å²) in [5, 5.41) is 9.00. The van der Waals surface area contributed by atoms with Gasteiger partial charge in [-0.25, -0.2) is 8.42 Å². The normalized spacial score (nSPS) is 18.1. The maximum absolute atomic E-state index is 13.2. The van der Waals surface area contributed by atoms with Gasteiger partial charge in [0.05, 0.1) is 16.5 Å². The summed E-state index contributed by atoms with van der Waals surface area (Å²) in [6.07, 6.45) is 1.86. The zero-order chi connectivity index (χ0) is 25.0. The third kappa shape index (κ3) is 5.55. The molecule has 2 aromatic carbocycles. The van der Waals surface area contributed by atoms with Crippen molar-refractivity contribution in [3.8, 4) is 6.07 Å². The molecule has 0 atom stereocenters. The van der Waals surface area contributed by atoms with Crippen LogP contribution in [0, 0.1) is 17.2 Å². The second kappa shape index (κ2) is 10.6. The highest BCUT2D eigenvalue weighted by molar-refractivity contribution is 7.89. The smallest absolute Gasteiger partial charge is 0.243 e. The topological polar surface area (TPSA) is 102 Å². The standard InChI is InChI=1S/C26H30N4O4S/c1-20(31)22-5-9-25(10-6-22)35(33,34)30-15-11-23(12-16-30)26(32)29-14-2-13-28(17-18-29)24-7-3-21(19-27)4-8-24/h3-10,23H,2,11-18H2,1H3. The van der Waals surface area contributed by atoms with Crippen molar-refractivity contribution >= 4 is 27.4 Å². The molecule has 2 heterocycles. The summed E-state index contributed by atoms with van der Waals surface area (Å²) in [6.45, 7) is 4.93. The molecule has 2 fully saturated rings. The van der Waals surface area contributed by atoms with Crippen LogP contribution in [0.3, 0.4) is 0 Å². The molecule has 2 aliphatic heterocycles. The van der Waals surface area contributed by atoms with E-state index in [1.165, 1.54) is 35.5 Å². The van der Waals surface area contributed by atoms with Gasteiger partial charge in [0.2, 0.25) is 15.9 Å². The van der Waals surface area contributed by atoms with Gasteiger partial charge in [0, 0.05) is 56.4 Å². The predicted octanol–water partition coefficient (Wildman–Crippen LogP) is 2.90. The first kappa shape index (κ1) is 24.9. The number of amides is 1. The van der Waals surface area contributed by atoms with Gasteiger partial charge < -0.3 is 9.80 Å². The number of carbonyl (C=O) groups excluding carboxylic acids is 2. The number of rotatable bonds is 5. The Bertz CT molecular complexity index is 1210. The molecule has 0 aromatic heterocycles. The number of hydrogen-bond acceptors (Lipinski definition) is 6. The van der Waals surface area contributed by atoms with Crippen molar-refractivity contribution < 1.29 is 18.0 Å². The number of benzene rings is 2. The summed E-state index contributed by atoms with van der Waals surface area (Å²) in [6, 6.07) is 15.6. The first-order valence-electron chi connectivity index (χ1n) is 11.9. The van der Waals surface area contributed by atoms with E-state index in [1.54, 1.807) is 0 Å². The van der Waals surface area contributed by atoms with Crippen LogP contribution < -0.4 is 4.90 Å². The summed E-state index contributed by atoms with van der Waals surface area (Å²) in [5.74, 6) is -0.181. The molecule has 2 aliphatic rings. The SMILES string of the molecule is CC(=O)c1ccc(S(=O)(=O)N2CCC(C(=O)N3CCCN(c4ccc(C#N)cc4)CC3)CC2)cc1. The fourth-order valence-corrected chi connectivity index (χ4v) is 6.22. The van der Waals surface area contributed by atoms with Crippen molar-refractivity contribution in [2.75, 3.05) is 44.2 Å². The van der Waals surface area contributed by atoms with Crippen molar-refractivity contribution in [2.24, 2.45) is 5.92 Å². The maximum Gasteiger partial charge on any atom is 0.243 e. The molecule has 9 heteroatoms. The highest BCUT2D eigenvalue weighted by Gasteiger charge is 2.34. The molecule has 8 nitrogen and oxygen atoms in total. The summed E-state index contributed by atoms with van der Waals surface area (Å²) in [5.41, 5.74) is 2.15. The molecular weight excluding hydrogens is 464 g/mol. The molecule has 1 amide bonds. The van der Waals surface area contributed by atoms with Gasteiger partial charge in [0.1, 0.15) is 0 Å². The number of ketones is 1. The van der Waals surface area contributed by atoms with Gasteiger partial charge >= 0.3 is 0 Å². The average molecular weight is 495 g/mol. The van der Waals surface area contributed by atoms with Crippen LogP contribution in [0.5, 0.6) is 0 Å². The van der Waals surface area contributed by atoms with Gasteiger partial charge in [-0.15, -0.1) is 0 Å². The molecule has 0 N–H and O–H groups in total. The number of anilines is 1. The Morgan fingerprint density at radius 3 is 2.14 bits per heavy atom.